The van der Waals surface area contributed by atoms with Crippen molar-refractivity contribution in [2.45, 2.75) is 71.9 Å². The largest absolute Gasteiger partial charge is 0.377 e. The molecule has 0 aromatic carbocycles. The fourth-order valence-electron chi connectivity index (χ4n) is 4.34. The highest BCUT2D eigenvalue weighted by molar-refractivity contribution is 4.88. The summed E-state index contributed by atoms with van der Waals surface area (Å²) < 4.78 is 5.79. The highest BCUT2D eigenvalue weighted by atomic mass is 16.5. The summed E-state index contributed by atoms with van der Waals surface area (Å²) in [5, 5.41) is 0. The van der Waals surface area contributed by atoms with Crippen molar-refractivity contribution in [2.75, 3.05) is 26.2 Å². The van der Waals surface area contributed by atoms with Gasteiger partial charge in [0.25, 0.3) is 0 Å². The van der Waals surface area contributed by atoms with Gasteiger partial charge < -0.3 is 10.5 Å². The van der Waals surface area contributed by atoms with Crippen LogP contribution in [0.4, 0.5) is 0 Å². The van der Waals surface area contributed by atoms with Crippen LogP contribution in [0.5, 0.6) is 0 Å². The number of hydrogen-bond donors (Lipinski definition) is 1. The highest BCUT2D eigenvalue weighted by Crippen LogP contribution is 2.41. The summed E-state index contributed by atoms with van der Waals surface area (Å²) in [7, 11) is 0. The summed E-state index contributed by atoms with van der Waals surface area (Å²) in [4.78, 5) is 2.62. The van der Waals surface area contributed by atoms with Crippen molar-refractivity contribution in [1.82, 2.24) is 4.90 Å². The lowest BCUT2D eigenvalue weighted by molar-refractivity contribution is 0.0433. The lowest BCUT2D eigenvalue weighted by atomic mass is 9.68. The van der Waals surface area contributed by atoms with Crippen molar-refractivity contribution >= 4 is 0 Å². The molecule has 2 aliphatic rings. The van der Waals surface area contributed by atoms with Gasteiger partial charge in [-0.2, -0.15) is 0 Å². The van der Waals surface area contributed by atoms with Crippen LogP contribution in [0.3, 0.4) is 0 Å². The second-order valence-electron chi connectivity index (χ2n) is 8.31. The zero-order valence-corrected chi connectivity index (χ0v) is 14.6. The van der Waals surface area contributed by atoms with Crippen molar-refractivity contribution in [3.8, 4) is 0 Å². The first-order valence-electron chi connectivity index (χ1n) is 8.97. The van der Waals surface area contributed by atoms with Crippen LogP contribution in [0.1, 0.15) is 59.8 Å². The topological polar surface area (TPSA) is 38.5 Å². The monoisotopic (exact) mass is 296 g/mol. The van der Waals surface area contributed by atoms with Gasteiger partial charge in [-0.25, -0.2) is 0 Å². The van der Waals surface area contributed by atoms with E-state index in [2.05, 4.69) is 32.6 Å². The van der Waals surface area contributed by atoms with Crippen LogP contribution >= 0.6 is 0 Å². The predicted octanol–water partition coefficient (Wildman–Crippen LogP) is 3.28. The molecule has 2 unspecified atom stereocenters. The zero-order chi connectivity index (χ0) is 15.5. The summed E-state index contributed by atoms with van der Waals surface area (Å²) in [5.74, 6) is 1.68. The van der Waals surface area contributed by atoms with E-state index in [4.69, 9.17) is 10.5 Å². The van der Waals surface area contributed by atoms with Crippen LogP contribution in [-0.4, -0.2) is 43.3 Å². The molecule has 21 heavy (non-hydrogen) atoms. The first kappa shape index (κ1) is 17.2. The van der Waals surface area contributed by atoms with E-state index in [1.807, 2.05) is 0 Å². The van der Waals surface area contributed by atoms with Gasteiger partial charge in [-0.3, -0.25) is 4.90 Å². The quantitative estimate of drug-likeness (QED) is 0.868. The first-order chi connectivity index (χ1) is 9.91. The molecule has 1 saturated carbocycles. The number of ether oxygens (including phenoxy) is 1. The van der Waals surface area contributed by atoms with Crippen LogP contribution in [0.15, 0.2) is 0 Å². The molecule has 2 fully saturated rings. The molecule has 3 nitrogen and oxygen atoms in total. The van der Waals surface area contributed by atoms with Gasteiger partial charge >= 0.3 is 0 Å². The van der Waals surface area contributed by atoms with Gasteiger partial charge in [0.05, 0.1) is 6.10 Å². The third-order valence-corrected chi connectivity index (χ3v) is 5.73. The molecule has 2 atom stereocenters. The average Bonchev–Trinajstić information content (AvgIpc) is 2.64. The molecule has 0 aromatic heterocycles. The standard InChI is InChI=1S/C18H36N2O/c1-14-13-20(10-5-11-21-14)17(12-19)15-6-8-16(9-7-15)18(2,3)4/h14-17H,5-13,19H2,1-4H3. The minimum absolute atomic E-state index is 0.354. The van der Waals surface area contributed by atoms with E-state index in [9.17, 15) is 0 Å². The second-order valence-corrected chi connectivity index (χ2v) is 8.31. The van der Waals surface area contributed by atoms with E-state index >= 15 is 0 Å². The molecule has 2 N–H and O–H groups in total. The summed E-state index contributed by atoms with van der Waals surface area (Å²) in [6, 6.07) is 0.565. The molecule has 0 aromatic rings. The normalized spacial score (nSPS) is 34.4. The van der Waals surface area contributed by atoms with Gasteiger partial charge in [0.15, 0.2) is 0 Å². The van der Waals surface area contributed by atoms with Crippen LogP contribution < -0.4 is 5.73 Å². The molecule has 1 aliphatic heterocycles. The van der Waals surface area contributed by atoms with Crippen LogP contribution in [-0.2, 0) is 4.74 Å². The second kappa shape index (κ2) is 7.43. The lowest BCUT2D eigenvalue weighted by Gasteiger charge is -2.42. The molecule has 1 heterocycles. The molecule has 0 amide bonds. The number of nitrogens with zero attached hydrogens (tertiary/aromatic N) is 1. The van der Waals surface area contributed by atoms with Crippen molar-refractivity contribution in [3.05, 3.63) is 0 Å². The fourth-order valence-corrected chi connectivity index (χ4v) is 4.34. The Kier molecular flexibility index (Phi) is 6.10. The maximum Gasteiger partial charge on any atom is 0.0674 e. The van der Waals surface area contributed by atoms with E-state index in [0.717, 1.165) is 44.5 Å². The van der Waals surface area contributed by atoms with Crippen LogP contribution in [0, 0.1) is 17.3 Å². The van der Waals surface area contributed by atoms with Crippen molar-refractivity contribution in [3.63, 3.8) is 0 Å². The summed E-state index contributed by atoms with van der Waals surface area (Å²) >= 11 is 0. The van der Waals surface area contributed by atoms with E-state index in [1.54, 1.807) is 0 Å². The van der Waals surface area contributed by atoms with Crippen molar-refractivity contribution in [1.29, 1.82) is 0 Å². The Bertz CT molecular complexity index is 305. The smallest absolute Gasteiger partial charge is 0.0674 e. The molecular formula is C18H36N2O. The van der Waals surface area contributed by atoms with Gasteiger partial charge in [-0.05, 0) is 56.3 Å². The molecule has 0 spiro atoms. The Morgan fingerprint density at radius 3 is 2.43 bits per heavy atom. The number of nitrogens with two attached hydrogens (primary N) is 1. The summed E-state index contributed by atoms with van der Waals surface area (Å²) in [5.41, 5.74) is 6.64. The summed E-state index contributed by atoms with van der Waals surface area (Å²) in [6.07, 6.45) is 6.98. The predicted molar refractivity (Wildman–Crippen MR) is 89.3 cm³/mol. The maximum absolute atomic E-state index is 6.17. The third kappa shape index (κ3) is 4.67. The Hall–Kier alpha value is -0.120. The Balaban J connectivity index is 1.92. The molecule has 1 saturated heterocycles. The number of rotatable bonds is 3. The molecule has 1 aliphatic carbocycles. The highest BCUT2D eigenvalue weighted by Gasteiger charge is 2.35. The average molecular weight is 296 g/mol. The van der Waals surface area contributed by atoms with Crippen LogP contribution in [0.2, 0.25) is 0 Å². The van der Waals surface area contributed by atoms with Crippen molar-refractivity contribution in [2.24, 2.45) is 23.0 Å². The molecule has 3 heteroatoms. The summed E-state index contributed by atoms with van der Waals surface area (Å²) in [6.45, 7) is 13.3. The van der Waals surface area contributed by atoms with Gasteiger partial charge in [-0.15, -0.1) is 0 Å². The maximum atomic E-state index is 6.17. The van der Waals surface area contributed by atoms with E-state index in [1.165, 1.54) is 25.7 Å². The fraction of sp³-hybridized carbons (Fsp3) is 1.00. The molecule has 0 radical (unpaired) electrons. The Morgan fingerprint density at radius 1 is 1.19 bits per heavy atom. The first-order valence-corrected chi connectivity index (χ1v) is 8.97. The molecule has 124 valence electrons. The third-order valence-electron chi connectivity index (χ3n) is 5.73. The lowest BCUT2D eigenvalue weighted by Crippen LogP contribution is -2.49. The van der Waals surface area contributed by atoms with Crippen LogP contribution in [0.25, 0.3) is 0 Å². The molecular weight excluding hydrogens is 260 g/mol. The Labute approximate surface area is 131 Å². The van der Waals surface area contributed by atoms with E-state index in [-0.39, 0.29) is 0 Å². The van der Waals surface area contributed by atoms with Crippen molar-refractivity contribution < 1.29 is 4.74 Å². The van der Waals surface area contributed by atoms with Gasteiger partial charge in [0.2, 0.25) is 0 Å². The Morgan fingerprint density at radius 2 is 1.86 bits per heavy atom. The minimum Gasteiger partial charge on any atom is -0.377 e. The minimum atomic E-state index is 0.354. The molecule has 0 bridgehead atoms. The van der Waals surface area contributed by atoms with Gasteiger partial charge in [0.1, 0.15) is 0 Å². The molecule has 2 rings (SSSR count). The zero-order valence-electron chi connectivity index (χ0n) is 14.6. The van der Waals surface area contributed by atoms with E-state index in [0.29, 0.717) is 17.6 Å². The SMILES string of the molecule is CC1CN(C(CN)C2CCC(C(C)(C)C)CC2)CCCO1. The van der Waals surface area contributed by atoms with Gasteiger partial charge in [-0.1, -0.05) is 20.8 Å². The number of hydrogen-bond acceptors (Lipinski definition) is 3. The van der Waals surface area contributed by atoms with E-state index < -0.39 is 0 Å². The van der Waals surface area contributed by atoms with Gasteiger partial charge in [0, 0.05) is 32.3 Å².